The van der Waals surface area contributed by atoms with Crippen molar-refractivity contribution in [2.45, 2.75) is 24.6 Å². The van der Waals surface area contributed by atoms with Crippen molar-refractivity contribution in [3.8, 4) is 11.4 Å². The van der Waals surface area contributed by atoms with Crippen LogP contribution in [-0.2, 0) is 11.7 Å². The van der Waals surface area contributed by atoms with Gasteiger partial charge < -0.3 is 5.32 Å². The molecule has 2 aromatic carbocycles. The number of hydrogen-bond donors (Lipinski definition) is 2. The number of nitrogens with zero attached hydrogens (tertiary/aromatic N) is 1. The zero-order valence-electron chi connectivity index (χ0n) is 16.4. The predicted octanol–water partition coefficient (Wildman–Crippen LogP) is 4.86. The lowest BCUT2D eigenvalue weighted by Gasteiger charge is -2.16. The van der Waals surface area contributed by atoms with E-state index in [1.807, 2.05) is 30.3 Å². The minimum atomic E-state index is -4.52. The standard InChI is InChI=1S/C24H18F3N3O/c25-24(26,27)18-11-5-4-10-17(18)21-28-20(19-12-6-7-15-30(19)21)22(31)29-23(13-14-23)16-8-2-1-3-9-16/h1-12,15H,13-14H2,(H,29,31)/p+1. The molecule has 1 aliphatic carbocycles. The molecule has 0 bridgehead atoms. The molecule has 0 spiro atoms. The van der Waals surface area contributed by atoms with Gasteiger partial charge in [-0.2, -0.15) is 17.6 Å². The summed E-state index contributed by atoms with van der Waals surface area (Å²) < 4.78 is 42.4. The number of nitrogens with one attached hydrogen (secondary N) is 2. The highest BCUT2D eigenvalue weighted by atomic mass is 19.4. The van der Waals surface area contributed by atoms with Crippen LogP contribution in [0, 0.1) is 0 Å². The van der Waals surface area contributed by atoms with Crippen LogP contribution in [0.4, 0.5) is 13.2 Å². The molecule has 0 unspecified atom stereocenters. The zero-order chi connectivity index (χ0) is 21.6. The van der Waals surface area contributed by atoms with Gasteiger partial charge in [-0.15, -0.1) is 0 Å². The molecule has 7 heteroatoms. The SMILES string of the molecule is O=C(NC1(c2ccccc2)CC1)c1[nH]c(-c2ccccc2C(F)(F)F)[n+]2ccccc12. The summed E-state index contributed by atoms with van der Waals surface area (Å²) in [5.74, 6) is -0.140. The number of aromatic amines is 1. The largest absolute Gasteiger partial charge is 0.417 e. The first-order valence-corrected chi connectivity index (χ1v) is 9.96. The Balaban J connectivity index is 1.59. The summed E-state index contributed by atoms with van der Waals surface area (Å²) in [6.07, 6.45) is -1.23. The molecule has 0 radical (unpaired) electrons. The maximum absolute atomic E-state index is 13.6. The molecule has 4 aromatic rings. The Hall–Kier alpha value is -3.61. The van der Waals surface area contributed by atoms with Crippen LogP contribution in [0.1, 0.15) is 34.5 Å². The Morgan fingerprint density at radius 3 is 2.32 bits per heavy atom. The van der Waals surface area contributed by atoms with Crippen molar-refractivity contribution in [3.63, 3.8) is 0 Å². The number of benzene rings is 2. The lowest BCUT2D eigenvalue weighted by atomic mass is 10.0. The summed E-state index contributed by atoms with van der Waals surface area (Å²) in [7, 11) is 0. The van der Waals surface area contributed by atoms with Gasteiger partial charge in [0.1, 0.15) is 0 Å². The number of carbonyl (C=O) groups excluding carboxylic acids is 1. The van der Waals surface area contributed by atoms with Crippen molar-refractivity contribution in [3.05, 3.63) is 95.8 Å². The molecule has 0 saturated heterocycles. The molecule has 2 heterocycles. The van der Waals surface area contributed by atoms with Crippen LogP contribution in [0.2, 0.25) is 0 Å². The highest BCUT2D eigenvalue weighted by Crippen LogP contribution is 2.45. The number of aromatic nitrogens is 2. The predicted molar refractivity (Wildman–Crippen MR) is 109 cm³/mol. The smallest absolute Gasteiger partial charge is 0.339 e. The fraction of sp³-hybridized carbons (Fsp3) is 0.167. The molecule has 2 aromatic heterocycles. The number of halogens is 3. The molecule has 4 nitrogen and oxygen atoms in total. The number of fused-ring (bicyclic) bond motifs is 1. The first-order chi connectivity index (χ1) is 14.9. The quantitative estimate of drug-likeness (QED) is 0.454. The van der Waals surface area contributed by atoms with Gasteiger partial charge in [0, 0.05) is 0 Å². The number of hydrogen-bond acceptors (Lipinski definition) is 1. The van der Waals surface area contributed by atoms with Crippen molar-refractivity contribution >= 4 is 11.4 Å². The number of alkyl halides is 3. The van der Waals surface area contributed by atoms with Crippen molar-refractivity contribution in [1.82, 2.24) is 10.3 Å². The second-order valence-electron chi connectivity index (χ2n) is 7.75. The van der Waals surface area contributed by atoms with Gasteiger partial charge in [0.2, 0.25) is 5.69 Å². The minimum Gasteiger partial charge on any atom is -0.339 e. The number of H-pyrrole nitrogens is 1. The van der Waals surface area contributed by atoms with Crippen LogP contribution in [0.25, 0.3) is 16.9 Å². The number of amides is 1. The van der Waals surface area contributed by atoms with Crippen LogP contribution in [0.5, 0.6) is 0 Å². The van der Waals surface area contributed by atoms with Crippen molar-refractivity contribution in [1.29, 1.82) is 0 Å². The van der Waals surface area contributed by atoms with Crippen LogP contribution in [0.3, 0.4) is 0 Å². The first-order valence-electron chi connectivity index (χ1n) is 9.96. The second-order valence-corrected chi connectivity index (χ2v) is 7.75. The summed E-state index contributed by atoms with van der Waals surface area (Å²) in [6, 6.07) is 20.2. The van der Waals surface area contributed by atoms with E-state index in [0.717, 1.165) is 24.5 Å². The van der Waals surface area contributed by atoms with Gasteiger partial charge in [0.25, 0.3) is 11.7 Å². The van der Waals surface area contributed by atoms with Crippen LogP contribution in [0.15, 0.2) is 79.0 Å². The van der Waals surface area contributed by atoms with E-state index >= 15 is 0 Å². The fourth-order valence-corrected chi connectivity index (χ4v) is 4.04. The van der Waals surface area contributed by atoms with Gasteiger partial charge in [-0.1, -0.05) is 48.5 Å². The topological polar surface area (TPSA) is 49.0 Å². The highest BCUT2D eigenvalue weighted by Gasteiger charge is 2.47. The third kappa shape index (κ3) is 3.36. The molecule has 2 N–H and O–H groups in total. The van der Waals surface area contributed by atoms with Crippen molar-refractivity contribution in [2.75, 3.05) is 0 Å². The maximum atomic E-state index is 13.6. The van der Waals surface area contributed by atoms with Crippen LogP contribution >= 0.6 is 0 Å². The van der Waals surface area contributed by atoms with E-state index in [9.17, 15) is 18.0 Å². The zero-order valence-corrected chi connectivity index (χ0v) is 16.4. The van der Waals surface area contributed by atoms with Gasteiger partial charge in [0.15, 0.2) is 5.52 Å². The Labute approximate surface area is 176 Å². The molecule has 1 aliphatic rings. The van der Waals surface area contributed by atoms with E-state index in [2.05, 4.69) is 10.3 Å². The van der Waals surface area contributed by atoms with Crippen molar-refractivity contribution in [2.24, 2.45) is 0 Å². The van der Waals surface area contributed by atoms with Crippen molar-refractivity contribution < 1.29 is 22.4 Å². The Morgan fingerprint density at radius 1 is 0.935 bits per heavy atom. The van der Waals surface area contributed by atoms with Gasteiger partial charge in [-0.3, -0.25) is 4.79 Å². The summed E-state index contributed by atoms with van der Waals surface area (Å²) in [5.41, 5.74) is 0.559. The lowest BCUT2D eigenvalue weighted by Crippen LogP contribution is -2.35. The highest BCUT2D eigenvalue weighted by molar-refractivity contribution is 5.99. The third-order valence-electron chi connectivity index (χ3n) is 5.74. The lowest BCUT2D eigenvalue weighted by molar-refractivity contribution is -0.498. The average Bonchev–Trinajstić information content (AvgIpc) is 3.45. The molecule has 31 heavy (non-hydrogen) atoms. The Morgan fingerprint density at radius 2 is 1.61 bits per heavy atom. The fourth-order valence-electron chi connectivity index (χ4n) is 4.04. The molecular weight excluding hydrogens is 403 g/mol. The molecule has 0 atom stereocenters. The molecular formula is C24H19F3N3O+. The molecule has 1 saturated carbocycles. The molecule has 0 aliphatic heterocycles. The molecule has 5 rings (SSSR count). The summed E-state index contributed by atoms with van der Waals surface area (Å²) in [5, 5.41) is 3.10. The third-order valence-corrected chi connectivity index (χ3v) is 5.74. The van der Waals surface area contributed by atoms with Gasteiger partial charge in [-0.05, 0) is 42.7 Å². The van der Waals surface area contributed by atoms with Gasteiger partial charge in [0.05, 0.1) is 22.9 Å². The molecule has 156 valence electrons. The van der Waals surface area contributed by atoms with E-state index in [-0.39, 0.29) is 23.0 Å². The van der Waals surface area contributed by atoms with E-state index in [0.29, 0.717) is 5.52 Å². The Bertz CT molecular complexity index is 1270. The van der Waals surface area contributed by atoms with E-state index in [4.69, 9.17) is 0 Å². The molecule has 1 amide bonds. The second kappa shape index (κ2) is 6.97. The van der Waals surface area contributed by atoms with Crippen LogP contribution in [-0.4, -0.2) is 10.9 Å². The Kier molecular flexibility index (Phi) is 4.36. The normalized spacial score (nSPS) is 15.1. The monoisotopic (exact) mass is 422 g/mol. The first kappa shape index (κ1) is 19.4. The van der Waals surface area contributed by atoms with Gasteiger partial charge >= 0.3 is 6.18 Å². The number of imidazole rings is 1. The minimum absolute atomic E-state index is 0.0144. The summed E-state index contributed by atoms with van der Waals surface area (Å²) >= 11 is 0. The summed E-state index contributed by atoms with van der Waals surface area (Å²) in [6.45, 7) is 0. The van der Waals surface area contributed by atoms with E-state index < -0.39 is 17.3 Å². The van der Waals surface area contributed by atoms with E-state index in [1.54, 1.807) is 34.9 Å². The number of carbonyl (C=O) groups is 1. The average molecular weight is 422 g/mol. The molecule has 1 fully saturated rings. The summed E-state index contributed by atoms with van der Waals surface area (Å²) in [4.78, 5) is 16.2. The van der Waals surface area contributed by atoms with Gasteiger partial charge in [-0.25, -0.2) is 4.98 Å². The number of pyridine rings is 1. The maximum Gasteiger partial charge on any atom is 0.417 e. The van der Waals surface area contributed by atoms with Crippen LogP contribution < -0.4 is 9.72 Å². The van der Waals surface area contributed by atoms with E-state index in [1.165, 1.54) is 12.1 Å². The number of rotatable bonds is 4.